The van der Waals surface area contributed by atoms with Gasteiger partial charge in [0.15, 0.2) is 0 Å². The Morgan fingerprint density at radius 2 is 2.04 bits per heavy atom. The summed E-state index contributed by atoms with van der Waals surface area (Å²) in [6, 6.07) is 14.4. The van der Waals surface area contributed by atoms with E-state index in [1.165, 1.54) is 11.6 Å². The first-order valence-electron chi connectivity index (χ1n) is 9.19. The Morgan fingerprint density at radius 3 is 2.79 bits per heavy atom. The Morgan fingerprint density at radius 1 is 1.25 bits per heavy atom. The van der Waals surface area contributed by atoms with Gasteiger partial charge < -0.3 is 15.4 Å². The largest absolute Gasteiger partial charge is 0.374 e. The fourth-order valence-electron chi connectivity index (χ4n) is 3.22. The molecule has 28 heavy (non-hydrogen) atoms. The normalized spacial score (nSPS) is 17.1. The van der Waals surface area contributed by atoms with Gasteiger partial charge in [-0.05, 0) is 18.6 Å². The number of hydrogen-bond donors (Lipinski definition) is 2. The van der Waals surface area contributed by atoms with E-state index in [1.54, 1.807) is 19.1 Å². The van der Waals surface area contributed by atoms with E-state index in [0.717, 1.165) is 19.6 Å². The molecule has 0 spiro atoms. The van der Waals surface area contributed by atoms with Gasteiger partial charge in [0.2, 0.25) is 0 Å². The number of carbonyl (C=O) groups is 1. The van der Waals surface area contributed by atoms with E-state index in [4.69, 9.17) is 4.74 Å². The molecule has 1 heterocycles. The second-order valence-corrected chi connectivity index (χ2v) is 6.76. The quantitative estimate of drug-likeness (QED) is 0.590. The van der Waals surface area contributed by atoms with Crippen molar-refractivity contribution in [3.8, 4) is 0 Å². The van der Waals surface area contributed by atoms with Gasteiger partial charge >= 0.3 is 6.03 Å². The minimum absolute atomic E-state index is 0.0232. The molecule has 148 valence electrons. The molecule has 8 nitrogen and oxygen atoms in total. The van der Waals surface area contributed by atoms with Crippen LogP contribution in [0.25, 0.3) is 0 Å². The van der Waals surface area contributed by atoms with Gasteiger partial charge in [0, 0.05) is 32.2 Å². The number of nitro benzene ring substituents is 1. The van der Waals surface area contributed by atoms with Gasteiger partial charge in [-0.1, -0.05) is 36.4 Å². The van der Waals surface area contributed by atoms with Gasteiger partial charge in [0.05, 0.1) is 28.9 Å². The van der Waals surface area contributed by atoms with Crippen molar-refractivity contribution in [2.45, 2.75) is 19.6 Å². The molecule has 0 aromatic heterocycles. The molecule has 1 aliphatic rings. The summed E-state index contributed by atoms with van der Waals surface area (Å²) in [4.78, 5) is 25.0. The van der Waals surface area contributed by atoms with E-state index in [9.17, 15) is 14.9 Å². The number of amides is 2. The summed E-state index contributed by atoms with van der Waals surface area (Å²) in [6.45, 7) is 5.02. The fourth-order valence-corrected chi connectivity index (χ4v) is 3.22. The van der Waals surface area contributed by atoms with Gasteiger partial charge in [0.25, 0.3) is 5.69 Å². The standard InChI is InChI=1S/C20H24N4O4/c1-15-18(8-5-9-19(15)24(26)27)22-20(25)21-12-17-14-23(10-11-28-17)13-16-6-3-2-4-7-16/h2-9,17H,10-14H2,1H3,(H2,21,22,25). The minimum atomic E-state index is -0.463. The summed E-state index contributed by atoms with van der Waals surface area (Å²) >= 11 is 0. The Bertz CT molecular complexity index is 828. The highest BCUT2D eigenvalue weighted by Gasteiger charge is 2.21. The maximum atomic E-state index is 12.2. The number of anilines is 1. The summed E-state index contributed by atoms with van der Waals surface area (Å²) in [7, 11) is 0. The van der Waals surface area contributed by atoms with Crippen molar-refractivity contribution in [3.63, 3.8) is 0 Å². The molecule has 3 rings (SSSR count). The Hall–Kier alpha value is -2.97. The van der Waals surface area contributed by atoms with Gasteiger partial charge in [-0.3, -0.25) is 15.0 Å². The van der Waals surface area contributed by atoms with Crippen LogP contribution < -0.4 is 10.6 Å². The fraction of sp³-hybridized carbons (Fsp3) is 0.350. The summed E-state index contributed by atoms with van der Waals surface area (Å²) in [5, 5.41) is 16.5. The molecule has 0 bridgehead atoms. The number of nitro groups is 1. The van der Waals surface area contributed by atoms with Gasteiger partial charge in [-0.15, -0.1) is 0 Å². The van der Waals surface area contributed by atoms with E-state index in [2.05, 4.69) is 27.7 Å². The number of benzene rings is 2. The van der Waals surface area contributed by atoms with E-state index < -0.39 is 11.0 Å². The molecule has 2 N–H and O–H groups in total. The SMILES string of the molecule is Cc1c(NC(=O)NCC2CN(Cc3ccccc3)CCO2)cccc1[N+](=O)[O-]. The summed E-state index contributed by atoms with van der Waals surface area (Å²) < 4.78 is 5.75. The zero-order valence-electron chi connectivity index (χ0n) is 15.8. The highest BCUT2D eigenvalue weighted by molar-refractivity contribution is 5.90. The van der Waals surface area contributed by atoms with Crippen LogP contribution >= 0.6 is 0 Å². The first-order valence-corrected chi connectivity index (χ1v) is 9.19. The van der Waals surface area contributed by atoms with Crippen molar-refractivity contribution in [1.82, 2.24) is 10.2 Å². The lowest BCUT2D eigenvalue weighted by atomic mass is 10.1. The molecule has 2 amide bonds. The molecule has 1 unspecified atom stereocenters. The molecule has 0 radical (unpaired) electrons. The number of hydrogen-bond acceptors (Lipinski definition) is 5. The zero-order valence-corrected chi connectivity index (χ0v) is 15.8. The van der Waals surface area contributed by atoms with Crippen LogP contribution in [0.3, 0.4) is 0 Å². The number of nitrogens with zero attached hydrogens (tertiary/aromatic N) is 2. The number of morpholine rings is 1. The molecular weight excluding hydrogens is 360 g/mol. The predicted octanol–water partition coefficient (Wildman–Crippen LogP) is 2.93. The van der Waals surface area contributed by atoms with Crippen LogP contribution in [0.2, 0.25) is 0 Å². The van der Waals surface area contributed by atoms with Crippen LogP contribution in [-0.4, -0.2) is 48.2 Å². The van der Waals surface area contributed by atoms with Crippen LogP contribution in [0.1, 0.15) is 11.1 Å². The van der Waals surface area contributed by atoms with Crippen LogP contribution in [0.4, 0.5) is 16.2 Å². The average Bonchev–Trinajstić information content (AvgIpc) is 2.69. The first-order chi connectivity index (χ1) is 13.5. The third-order valence-corrected chi connectivity index (χ3v) is 4.71. The van der Waals surface area contributed by atoms with Crippen molar-refractivity contribution in [2.75, 3.05) is 31.6 Å². The topological polar surface area (TPSA) is 96.7 Å². The van der Waals surface area contributed by atoms with Crippen LogP contribution in [0.15, 0.2) is 48.5 Å². The van der Waals surface area contributed by atoms with Gasteiger partial charge in [0.1, 0.15) is 0 Å². The smallest absolute Gasteiger partial charge is 0.319 e. The maximum absolute atomic E-state index is 12.2. The van der Waals surface area contributed by atoms with Gasteiger partial charge in [-0.25, -0.2) is 4.79 Å². The van der Waals surface area contributed by atoms with Crippen molar-refractivity contribution in [2.24, 2.45) is 0 Å². The third kappa shape index (κ3) is 5.28. The van der Waals surface area contributed by atoms with Crippen LogP contribution in [0.5, 0.6) is 0 Å². The Balaban J connectivity index is 1.49. The molecule has 2 aromatic rings. The van der Waals surface area contributed by atoms with E-state index in [1.807, 2.05) is 18.2 Å². The van der Waals surface area contributed by atoms with Crippen LogP contribution in [-0.2, 0) is 11.3 Å². The molecular formula is C20H24N4O4. The molecule has 1 atom stereocenters. The summed E-state index contributed by atoms with van der Waals surface area (Å²) in [5.41, 5.74) is 2.06. The first kappa shape index (κ1) is 19.8. The predicted molar refractivity (Wildman–Crippen MR) is 106 cm³/mol. The van der Waals surface area contributed by atoms with E-state index in [0.29, 0.717) is 24.4 Å². The molecule has 1 aliphatic heterocycles. The van der Waals surface area contributed by atoms with Crippen molar-refractivity contribution >= 4 is 17.4 Å². The lowest BCUT2D eigenvalue weighted by Crippen LogP contribution is -2.47. The number of urea groups is 1. The molecule has 0 saturated carbocycles. The summed E-state index contributed by atoms with van der Waals surface area (Å²) in [5.74, 6) is 0. The van der Waals surface area contributed by atoms with Crippen molar-refractivity contribution < 1.29 is 14.5 Å². The number of nitrogens with one attached hydrogen (secondary N) is 2. The van der Waals surface area contributed by atoms with Gasteiger partial charge in [-0.2, -0.15) is 0 Å². The average molecular weight is 384 g/mol. The maximum Gasteiger partial charge on any atom is 0.319 e. The van der Waals surface area contributed by atoms with E-state index >= 15 is 0 Å². The summed E-state index contributed by atoms with van der Waals surface area (Å²) in [6.07, 6.45) is -0.102. The molecule has 1 saturated heterocycles. The van der Waals surface area contributed by atoms with Crippen LogP contribution in [0, 0.1) is 17.0 Å². The Kier molecular flexibility index (Phi) is 6.57. The second kappa shape index (κ2) is 9.29. The monoisotopic (exact) mass is 384 g/mol. The molecule has 2 aromatic carbocycles. The lowest BCUT2D eigenvalue weighted by Gasteiger charge is -2.33. The molecule has 1 fully saturated rings. The van der Waals surface area contributed by atoms with Crippen molar-refractivity contribution in [1.29, 1.82) is 0 Å². The highest BCUT2D eigenvalue weighted by Crippen LogP contribution is 2.24. The second-order valence-electron chi connectivity index (χ2n) is 6.76. The highest BCUT2D eigenvalue weighted by atomic mass is 16.6. The zero-order chi connectivity index (χ0) is 19.9. The molecule has 0 aliphatic carbocycles. The lowest BCUT2D eigenvalue weighted by molar-refractivity contribution is -0.385. The van der Waals surface area contributed by atoms with Crippen molar-refractivity contribution in [3.05, 3.63) is 69.8 Å². The third-order valence-electron chi connectivity index (χ3n) is 4.71. The minimum Gasteiger partial charge on any atom is -0.374 e. The number of rotatable bonds is 6. The number of ether oxygens (including phenoxy) is 1. The van der Waals surface area contributed by atoms with E-state index in [-0.39, 0.29) is 11.8 Å². The molecule has 8 heteroatoms. The number of carbonyl (C=O) groups excluding carboxylic acids is 1. The Labute approximate surface area is 163 Å².